The minimum atomic E-state index is -0.809. The molecule has 0 aliphatic carbocycles. The van der Waals surface area contributed by atoms with E-state index >= 15 is 0 Å². The molecule has 43 heavy (non-hydrogen) atoms. The van der Waals surface area contributed by atoms with E-state index in [1.165, 1.54) is 6.20 Å². The number of carbonyl (C=O) groups is 1. The first-order chi connectivity index (χ1) is 20.9. The van der Waals surface area contributed by atoms with Gasteiger partial charge >= 0.3 is 0 Å². The van der Waals surface area contributed by atoms with Gasteiger partial charge in [-0.2, -0.15) is 5.06 Å². The molecule has 1 saturated heterocycles. The van der Waals surface area contributed by atoms with Gasteiger partial charge in [0.1, 0.15) is 5.60 Å². The Morgan fingerprint density at radius 2 is 1.56 bits per heavy atom. The Morgan fingerprint density at radius 3 is 2.12 bits per heavy atom. The van der Waals surface area contributed by atoms with E-state index in [0.717, 1.165) is 41.5 Å². The highest BCUT2D eigenvalue weighted by Gasteiger charge is 2.41. The van der Waals surface area contributed by atoms with E-state index in [4.69, 9.17) is 28.4 Å². The summed E-state index contributed by atoms with van der Waals surface area (Å²) in [7, 11) is 6.36. The number of hydrogen-bond acceptors (Lipinski definition) is 8. The van der Waals surface area contributed by atoms with Gasteiger partial charge in [0.2, 0.25) is 5.75 Å². The Balaban J connectivity index is 1.73. The number of hydrogen-bond donors (Lipinski definition) is 1. The Labute approximate surface area is 253 Å². The Kier molecular flexibility index (Phi) is 10.9. The lowest BCUT2D eigenvalue weighted by molar-refractivity contribution is -0.153. The first-order valence-electron chi connectivity index (χ1n) is 14.4. The summed E-state index contributed by atoms with van der Waals surface area (Å²) < 4.78 is 35.4. The Hall–Kier alpha value is -4.21. The fourth-order valence-corrected chi connectivity index (χ4v) is 5.35. The Bertz CT molecular complexity index is 1370. The molecule has 9 nitrogen and oxygen atoms in total. The van der Waals surface area contributed by atoms with Gasteiger partial charge in [0.05, 0.1) is 41.5 Å². The van der Waals surface area contributed by atoms with Crippen molar-refractivity contribution in [2.75, 3.05) is 41.7 Å². The van der Waals surface area contributed by atoms with Crippen LogP contribution in [0.25, 0.3) is 0 Å². The van der Waals surface area contributed by atoms with Gasteiger partial charge in [-0.05, 0) is 66.6 Å². The summed E-state index contributed by atoms with van der Waals surface area (Å²) in [4.78, 5) is 12.6. The van der Waals surface area contributed by atoms with Crippen LogP contribution < -0.4 is 23.7 Å². The summed E-state index contributed by atoms with van der Waals surface area (Å²) in [5.74, 6) is 2.32. The monoisotopic (exact) mass is 591 g/mol. The maximum absolute atomic E-state index is 12.6. The van der Waals surface area contributed by atoms with Crippen molar-refractivity contribution in [1.82, 2.24) is 5.06 Å². The molecule has 1 aliphatic heterocycles. The minimum Gasteiger partial charge on any atom is -0.493 e. The molecule has 230 valence electrons. The van der Waals surface area contributed by atoms with Crippen LogP contribution >= 0.6 is 0 Å². The quantitative estimate of drug-likeness (QED) is 0.178. The molecule has 3 aromatic carbocycles. The van der Waals surface area contributed by atoms with Crippen molar-refractivity contribution in [3.63, 3.8) is 0 Å². The molecule has 0 radical (unpaired) electrons. The van der Waals surface area contributed by atoms with Gasteiger partial charge in [-0.25, -0.2) is 0 Å². The van der Waals surface area contributed by atoms with Crippen LogP contribution in [-0.2, 0) is 28.0 Å². The van der Waals surface area contributed by atoms with E-state index in [1.54, 1.807) is 34.5 Å². The number of hydroxylamine groups is 2. The molecule has 1 unspecified atom stereocenters. The highest BCUT2D eigenvalue weighted by Crippen LogP contribution is 2.50. The van der Waals surface area contributed by atoms with E-state index < -0.39 is 11.5 Å². The fraction of sp³-hybridized carbons (Fsp3) is 0.382. The van der Waals surface area contributed by atoms with Crippen LogP contribution in [0.4, 0.5) is 0 Å². The molecule has 1 N–H and O–H groups in total. The van der Waals surface area contributed by atoms with Gasteiger partial charge in [0.15, 0.2) is 23.0 Å². The van der Waals surface area contributed by atoms with E-state index in [9.17, 15) is 10.0 Å². The highest BCUT2D eigenvalue weighted by molar-refractivity contribution is 5.78. The molecular weight excluding hydrogens is 550 g/mol. The first kappa shape index (κ1) is 31.7. The molecule has 0 bridgehead atoms. The van der Waals surface area contributed by atoms with Gasteiger partial charge in [-0.15, -0.1) is 0 Å². The van der Waals surface area contributed by atoms with Crippen LogP contribution in [0.2, 0.25) is 0 Å². The van der Waals surface area contributed by atoms with Crippen LogP contribution in [0.3, 0.4) is 0 Å². The zero-order valence-electron chi connectivity index (χ0n) is 25.6. The molecule has 1 amide bonds. The summed E-state index contributed by atoms with van der Waals surface area (Å²) in [6.07, 6.45) is 5.94. The first-order valence-corrected chi connectivity index (χ1v) is 14.4. The van der Waals surface area contributed by atoms with Crippen molar-refractivity contribution < 1.29 is 38.4 Å². The van der Waals surface area contributed by atoms with Gasteiger partial charge in [-0.1, -0.05) is 43.3 Å². The van der Waals surface area contributed by atoms with Gasteiger partial charge in [0, 0.05) is 18.4 Å². The highest BCUT2D eigenvalue weighted by atomic mass is 16.5. The summed E-state index contributed by atoms with van der Waals surface area (Å²) in [6, 6.07) is 17.1. The fourth-order valence-electron chi connectivity index (χ4n) is 5.35. The number of benzene rings is 3. The summed E-state index contributed by atoms with van der Waals surface area (Å²) in [5, 5.41) is 11.0. The number of nitrogens with zero attached hydrogens (tertiary/aromatic N) is 1. The van der Waals surface area contributed by atoms with Gasteiger partial charge in [0.25, 0.3) is 5.91 Å². The molecule has 0 spiro atoms. The van der Waals surface area contributed by atoms with Crippen molar-refractivity contribution in [3.05, 3.63) is 89.1 Å². The third kappa shape index (κ3) is 7.06. The molecule has 9 heteroatoms. The molecule has 3 aromatic rings. The summed E-state index contributed by atoms with van der Waals surface area (Å²) in [5.41, 5.74) is 2.57. The van der Waals surface area contributed by atoms with Crippen LogP contribution in [0.5, 0.6) is 28.7 Å². The maximum atomic E-state index is 12.6. The molecular formula is C34H41NO8. The number of allylic oxidation sites excluding steroid dienone is 1. The molecule has 1 atom stereocenters. The van der Waals surface area contributed by atoms with E-state index in [0.29, 0.717) is 53.4 Å². The van der Waals surface area contributed by atoms with Gasteiger partial charge in [-0.3, -0.25) is 10.0 Å². The molecule has 1 heterocycles. The standard InChI is InChI=1S/C34H41NO8/c1-6-17-42-32-25(14-10-16-35(37)31(36)19-24-12-8-7-9-13-24)20-26(21-28(32)38-2)34(15-11-18-43-34)27-22-29(39-3)33(41-5)30(23-27)40-4/h7-10,12-13,16,20-23,37H,6,11,14-15,17-19H2,1-5H3/b16-10+. The lowest BCUT2D eigenvalue weighted by atomic mass is 9.82. The maximum Gasteiger partial charge on any atom is 0.254 e. The molecule has 4 rings (SSSR count). The topological polar surface area (TPSA) is 95.9 Å². The average molecular weight is 592 g/mol. The van der Waals surface area contributed by atoms with Crippen LogP contribution in [0.15, 0.2) is 66.9 Å². The third-order valence-electron chi connectivity index (χ3n) is 7.46. The molecule has 1 fully saturated rings. The summed E-state index contributed by atoms with van der Waals surface area (Å²) >= 11 is 0. The number of rotatable bonds is 14. The van der Waals surface area contributed by atoms with Crippen LogP contribution in [0, 0.1) is 0 Å². The number of amides is 1. The second-order valence-corrected chi connectivity index (χ2v) is 10.2. The second-order valence-electron chi connectivity index (χ2n) is 10.2. The van der Waals surface area contributed by atoms with Crippen molar-refractivity contribution in [2.24, 2.45) is 0 Å². The van der Waals surface area contributed by atoms with E-state index in [1.807, 2.05) is 61.5 Å². The van der Waals surface area contributed by atoms with Gasteiger partial charge < -0.3 is 28.4 Å². The third-order valence-corrected chi connectivity index (χ3v) is 7.46. The zero-order valence-corrected chi connectivity index (χ0v) is 25.6. The number of methoxy groups -OCH3 is 4. The Morgan fingerprint density at radius 1 is 0.930 bits per heavy atom. The van der Waals surface area contributed by atoms with Crippen molar-refractivity contribution in [2.45, 2.75) is 44.6 Å². The number of ether oxygens (including phenoxy) is 6. The number of carbonyl (C=O) groups excluding carboxylic acids is 1. The molecule has 1 aliphatic rings. The van der Waals surface area contributed by atoms with E-state index in [2.05, 4.69) is 0 Å². The van der Waals surface area contributed by atoms with Crippen molar-refractivity contribution in [1.29, 1.82) is 0 Å². The minimum absolute atomic E-state index is 0.0878. The largest absolute Gasteiger partial charge is 0.493 e. The predicted octanol–water partition coefficient (Wildman–Crippen LogP) is 6.08. The predicted molar refractivity (Wildman–Crippen MR) is 162 cm³/mol. The zero-order chi connectivity index (χ0) is 30.8. The molecule has 0 saturated carbocycles. The average Bonchev–Trinajstić information content (AvgIpc) is 3.54. The normalized spacial score (nSPS) is 16.2. The lowest BCUT2D eigenvalue weighted by Crippen LogP contribution is -2.27. The second kappa shape index (κ2) is 14.8. The molecule has 0 aromatic heterocycles. The smallest absolute Gasteiger partial charge is 0.254 e. The van der Waals surface area contributed by atoms with E-state index in [-0.39, 0.29) is 6.42 Å². The van der Waals surface area contributed by atoms with Crippen LogP contribution in [0.1, 0.15) is 48.4 Å². The SMILES string of the molecule is CCCOc1c(C/C=C/N(O)C(=O)Cc2ccccc2)cc(C2(c3cc(OC)c(OC)c(OC)c3)CCCO2)cc1OC. The van der Waals surface area contributed by atoms with Crippen LogP contribution in [-0.4, -0.2) is 57.8 Å². The van der Waals surface area contributed by atoms with Crippen molar-refractivity contribution >= 4 is 5.91 Å². The van der Waals surface area contributed by atoms with Crippen molar-refractivity contribution in [3.8, 4) is 28.7 Å². The lowest BCUT2D eigenvalue weighted by Gasteiger charge is -2.32. The summed E-state index contributed by atoms with van der Waals surface area (Å²) in [6.45, 7) is 3.11.